The summed E-state index contributed by atoms with van der Waals surface area (Å²) in [6.07, 6.45) is 1.37. The van der Waals surface area contributed by atoms with Crippen molar-refractivity contribution >= 4 is 39.0 Å². The minimum Gasteiger partial charge on any atom is -0.263 e. The fourth-order valence-corrected chi connectivity index (χ4v) is 3.12. The molecule has 20 heavy (non-hydrogen) atoms. The highest BCUT2D eigenvalue weighted by Gasteiger charge is 2.19. The Bertz CT molecular complexity index is 801. The van der Waals surface area contributed by atoms with Gasteiger partial charge in [-0.1, -0.05) is 23.2 Å². The molecular formula is C12H7Cl2N3O2S. The molecule has 0 spiro atoms. The molecule has 5 nitrogen and oxygen atoms in total. The van der Waals surface area contributed by atoms with Gasteiger partial charge in [0.1, 0.15) is 10.7 Å². The topological polar surface area (TPSA) is 82.8 Å². The lowest BCUT2D eigenvalue weighted by Gasteiger charge is -2.09. The fourth-order valence-electron chi connectivity index (χ4n) is 1.43. The summed E-state index contributed by atoms with van der Waals surface area (Å²) in [5.41, 5.74) is 0.189. The molecule has 0 saturated heterocycles. The average molecular weight is 328 g/mol. The molecule has 102 valence electrons. The molecular weight excluding hydrogens is 321 g/mol. The Hall–Kier alpha value is -1.81. The van der Waals surface area contributed by atoms with Gasteiger partial charge in [0.05, 0.1) is 16.7 Å². The SMILES string of the molecule is N#Cc1ccc(Cl)c(S(=O)(=O)Nc2cc(Cl)ccn2)c1. The zero-order valence-corrected chi connectivity index (χ0v) is 12.2. The summed E-state index contributed by atoms with van der Waals surface area (Å²) in [6.45, 7) is 0. The largest absolute Gasteiger partial charge is 0.264 e. The molecule has 0 amide bonds. The molecule has 1 aromatic carbocycles. The highest BCUT2D eigenvalue weighted by molar-refractivity contribution is 7.92. The molecule has 0 saturated carbocycles. The van der Waals surface area contributed by atoms with Gasteiger partial charge >= 0.3 is 0 Å². The maximum absolute atomic E-state index is 12.2. The zero-order valence-electron chi connectivity index (χ0n) is 9.84. The van der Waals surface area contributed by atoms with Gasteiger partial charge in [-0.2, -0.15) is 5.26 Å². The van der Waals surface area contributed by atoms with Gasteiger partial charge in [-0.05, 0) is 24.3 Å². The van der Waals surface area contributed by atoms with Crippen molar-refractivity contribution in [3.63, 3.8) is 0 Å². The molecule has 2 aromatic rings. The van der Waals surface area contributed by atoms with E-state index in [1.165, 1.54) is 36.5 Å². The summed E-state index contributed by atoms with van der Waals surface area (Å²) in [4.78, 5) is 3.65. The van der Waals surface area contributed by atoms with Crippen molar-refractivity contribution in [1.29, 1.82) is 5.26 Å². The van der Waals surface area contributed by atoms with Gasteiger partial charge in [-0.15, -0.1) is 0 Å². The van der Waals surface area contributed by atoms with Crippen LogP contribution in [0.5, 0.6) is 0 Å². The Balaban J connectivity index is 2.43. The Kier molecular flexibility index (Phi) is 4.14. The molecule has 0 aliphatic carbocycles. The van der Waals surface area contributed by atoms with E-state index in [1.54, 1.807) is 0 Å². The number of nitrogens with zero attached hydrogens (tertiary/aromatic N) is 2. The second-order valence-electron chi connectivity index (χ2n) is 3.72. The third kappa shape index (κ3) is 3.20. The predicted octanol–water partition coefficient (Wildman–Crippen LogP) is 3.06. The highest BCUT2D eigenvalue weighted by Crippen LogP contribution is 2.24. The minimum atomic E-state index is -3.95. The number of hydrogen-bond donors (Lipinski definition) is 1. The van der Waals surface area contributed by atoms with Crippen LogP contribution in [-0.2, 0) is 10.0 Å². The number of nitrogens with one attached hydrogen (secondary N) is 1. The summed E-state index contributed by atoms with van der Waals surface area (Å²) in [6, 6.07) is 8.70. The molecule has 2 rings (SSSR count). The molecule has 0 radical (unpaired) electrons. The van der Waals surface area contributed by atoms with E-state index in [-0.39, 0.29) is 21.3 Å². The van der Waals surface area contributed by atoms with Crippen LogP contribution in [0.2, 0.25) is 10.0 Å². The Labute approximate surface area is 125 Å². The lowest BCUT2D eigenvalue weighted by atomic mass is 10.2. The fraction of sp³-hybridized carbons (Fsp3) is 0. The molecule has 0 atom stereocenters. The van der Waals surface area contributed by atoms with Crippen LogP contribution < -0.4 is 4.72 Å². The van der Waals surface area contributed by atoms with Gasteiger partial charge in [0.15, 0.2) is 0 Å². The number of hydrogen-bond acceptors (Lipinski definition) is 4. The monoisotopic (exact) mass is 327 g/mol. The van der Waals surface area contributed by atoms with Crippen LogP contribution in [0.3, 0.4) is 0 Å². The second kappa shape index (κ2) is 5.67. The third-order valence-electron chi connectivity index (χ3n) is 2.31. The van der Waals surface area contributed by atoms with E-state index < -0.39 is 10.0 Å². The Morgan fingerprint density at radius 3 is 2.60 bits per heavy atom. The van der Waals surface area contributed by atoms with Crippen LogP contribution in [0.4, 0.5) is 5.82 Å². The van der Waals surface area contributed by atoms with Crippen molar-refractivity contribution < 1.29 is 8.42 Å². The average Bonchev–Trinajstić information content (AvgIpc) is 2.38. The molecule has 1 N–H and O–H groups in total. The van der Waals surface area contributed by atoms with E-state index >= 15 is 0 Å². The van der Waals surface area contributed by atoms with E-state index in [9.17, 15) is 8.42 Å². The molecule has 0 aliphatic heterocycles. The molecule has 0 unspecified atom stereocenters. The summed E-state index contributed by atoms with van der Waals surface area (Å²) >= 11 is 11.6. The van der Waals surface area contributed by atoms with Crippen LogP contribution >= 0.6 is 23.2 Å². The molecule has 0 bridgehead atoms. The van der Waals surface area contributed by atoms with Gasteiger partial charge in [-0.3, -0.25) is 4.72 Å². The summed E-state index contributed by atoms with van der Waals surface area (Å²) in [5.74, 6) is 0.0657. The zero-order chi connectivity index (χ0) is 14.8. The van der Waals surface area contributed by atoms with E-state index in [0.717, 1.165) is 0 Å². The van der Waals surface area contributed by atoms with E-state index in [2.05, 4.69) is 9.71 Å². The van der Waals surface area contributed by atoms with Crippen molar-refractivity contribution in [3.05, 3.63) is 52.1 Å². The Morgan fingerprint density at radius 1 is 1.20 bits per heavy atom. The van der Waals surface area contributed by atoms with Crippen LogP contribution in [0.15, 0.2) is 41.4 Å². The number of aromatic nitrogens is 1. The number of rotatable bonds is 3. The van der Waals surface area contributed by atoms with E-state index in [0.29, 0.717) is 5.02 Å². The van der Waals surface area contributed by atoms with Crippen LogP contribution in [0.1, 0.15) is 5.56 Å². The van der Waals surface area contributed by atoms with Crippen molar-refractivity contribution in [2.45, 2.75) is 4.90 Å². The van der Waals surface area contributed by atoms with Crippen molar-refractivity contribution in [3.8, 4) is 6.07 Å². The van der Waals surface area contributed by atoms with Gasteiger partial charge in [-0.25, -0.2) is 13.4 Å². The number of halogens is 2. The number of benzene rings is 1. The first kappa shape index (κ1) is 14.6. The molecule has 0 aliphatic rings. The third-order valence-corrected chi connectivity index (χ3v) is 4.38. The normalized spacial score (nSPS) is 10.8. The first-order chi connectivity index (χ1) is 9.42. The number of pyridine rings is 1. The van der Waals surface area contributed by atoms with Gasteiger partial charge in [0.25, 0.3) is 10.0 Å². The van der Waals surface area contributed by atoms with Gasteiger partial charge in [0.2, 0.25) is 0 Å². The van der Waals surface area contributed by atoms with Gasteiger partial charge < -0.3 is 0 Å². The van der Waals surface area contributed by atoms with Crippen molar-refractivity contribution in [2.24, 2.45) is 0 Å². The second-order valence-corrected chi connectivity index (χ2v) is 6.22. The first-order valence-corrected chi connectivity index (χ1v) is 7.50. The molecule has 0 fully saturated rings. The molecule has 1 aromatic heterocycles. The van der Waals surface area contributed by atoms with Crippen LogP contribution in [0.25, 0.3) is 0 Å². The lowest BCUT2D eigenvalue weighted by Crippen LogP contribution is -2.14. The van der Waals surface area contributed by atoms with Crippen LogP contribution in [-0.4, -0.2) is 13.4 Å². The summed E-state index contributed by atoms with van der Waals surface area (Å²) in [7, 11) is -3.95. The summed E-state index contributed by atoms with van der Waals surface area (Å²) in [5, 5.41) is 9.16. The van der Waals surface area contributed by atoms with Crippen LogP contribution in [0, 0.1) is 11.3 Å². The maximum atomic E-state index is 12.2. The van der Waals surface area contributed by atoms with E-state index in [4.69, 9.17) is 28.5 Å². The van der Waals surface area contributed by atoms with Gasteiger partial charge in [0, 0.05) is 17.3 Å². The van der Waals surface area contributed by atoms with Crippen molar-refractivity contribution in [1.82, 2.24) is 4.98 Å². The van der Waals surface area contributed by atoms with E-state index in [1.807, 2.05) is 6.07 Å². The number of nitriles is 1. The first-order valence-electron chi connectivity index (χ1n) is 5.26. The lowest BCUT2D eigenvalue weighted by molar-refractivity contribution is 0.601. The number of anilines is 1. The smallest absolute Gasteiger partial charge is 0.263 e. The maximum Gasteiger partial charge on any atom is 0.264 e. The quantitative estimate of drug-likeness (QED) is 0.939. The minimum absolute atomic E-state index is 0.0125. The molecule has 8 heteroatoms. The Morgan fingerprint density at radius 2 is 1.95 bits per heavy atom. The predicted molar refractivity (Wildman–Crippen MR) is 76.2 cm³/mol. The summed E-state index contributed by atoms with van der Waals surface area (Å²) < 4.78 is 26.7. The standard InChI is InChI=1S/C12H7Cl2N3O2S/c13-9-3-4-16-12(6-9)17-20(18,19)11-5-8(7-15)1-2-10(11)14/h1-6H,(H,16,17). The highest BCUT2D eigenvalue weighted by atomic mass is 35.5. The van der Waals surface area contributed by atoms with Crippen molar-refractivity contribution in [2.75, 3.05) is 4.72 Å². The number of sulfonamides is 1. The molecule has 1 heterocycles.